The van der Waals surface area contributed by atoms with E-state index in [0.717, 1.165) is 47.6 Å². The third kappa shape index (κ3) is 5.29. The molecule has 1 unspecified atom stereocenters. The smallest absolute Gasteiger partial charge is 0.230 e. The van der Waals surface area contributed by atoms with Crippen molar-refractivity contribution in [3.8, 4) is 17.2 Å². The molecular formula is C25H31NO4S. The number of nitrogens with one attached hydrogen (secondary N) is 1. The SMILES string of the molecule is CCOc1ccc2c(c1)C(SCC(=O)NCc1ccc(OC)cc1)CC1(CCCC1)O2. The molecule has 1 N–H and O–H groups in total. The molecule has 1 heterocycles. The summed E-state index contributed by atoms with van der Waals surface area (Å²) < 4.78 is 17.4. The maximum atomic E-state index is 12.6. The molecule has 2 aromatic carbocycles. The number of carbonyl (C=O) groups is 1. The molecule has 0 radical (unpaired) electrons. The molecule has 2 aliphatic rings. The molecule has 1 amide bonds. The first-order valence-corrected chi connectivity index (χ1v) is 12.1. The van der Waals surface area contributed by atoms with Gasteiger partial charge in [0.05, 0.1) is 19.5 Å². The van der Waals surface area contributed by atoms with Crippen LogP contribution < -0.4 is 19.5 Å². The monoisotopic (exact) mass is 441 g/mol. The van der Waals surface area contributed by atoms with Crippen LogP contribution in [-0.4, -0.2) is 31.0 Å². The molecule has 0 bridgehead atoms. The summed E-state index contributed by atoms with van der Waals surface area (Å²) in [5.74, 6) is 3.11. The van der Waals surface area contributed by atoms with Gasteiger partial charge in [-0.25, -0.2) is 0 Å². The topological polar surface area (TPSA) is 56.8 Å². The second-order valence-electron chi connectivity index (χ2n) is 8.25. The Morgan fingerprint density at radius 2 is 1.90 bits per heavy atom. The van der Waals surface area contributed by atoms with Crippen molar-refractivity contribution in [3.05, 3.63) is 53.6 Å². The molecule has 1 fully saturated rings. The summed E-state index contributed by atoms with van der Waals surface area (Å²) in [5.41, 5.74) is 2.13. The van der Waals surface area contributed by atoms with Gasteiger partial charge in [-0.3, -0.25) is 4.79 Å². The maximum Gasteiger partial charge on any atom is 0.230 e. The minimum atomic E-state index is -0.0721. The Hall–Kier alpha value is -2.34. The van der Waals surface area contributed by atoms with Gasteiger partial charge in [-0.1, -0.05) is 12.1 Å². The molecule has 166 valence electrons. The quantitative estimate of drug-likeness (QED) is 0.604. The van der Waals surface area contributed by atoms with Gasteiger partial charge in [0.1, 0.15) is 22.8 Å². The van der Waals surface area contributed by atoms with Crippen LogP contribution in [0.5, 0.6) is 17.2 Å². The molecule has 6 heteroatoms. The Labute approximate surface area is 188 Å². The molecule has 4 rings (SSSR count). The van der Waals surface area contributed by atoms with Crippen LogP contribution in [0, 0.1) is 0 Å². The predicted octanol–water partition coefficient (Wildman–Crippen LogP) is 5.28. The molecule has 0 saturated heterocycles. The van der Waals surface area contributed by atoms with Crippen molar-refractivity contribution in [1.29, 1.82) is 0 Å². The summed E-state index contributed by atoms with van der Waals surface area (Å²) in [6, 6.07) is 13.9. The largest absolute Gasteiger partial charge is 0.497 e. The molecule has 5 nitrogen and oxygen atoms in total. The fourth-order valence-electron chi connectivity index (χ4n) is 4.50. The van der Waals surface area contributed by atoms with Crippen molar-refractivity contribution in [2.75, 3.05) is 19.5 Å². The van der Waals surface area contributed by atoms with Crippen molar-refractivity contribution < 1.29 is 19.0 Å². The van der Waals surface area contributed by atoms with Gasteiger partial charge in [-0.05, 0) is 68.5 Å². The summed E-state index contributed by atoms with van der Waals surface area (Å²) in [7, 11) is 1.65. The van der Waals surface area contributed by atoms with Crippen LogP contribution in [0.15, 0.2) is 42.5 Å². The molecule has 1 aliphatic carbocycles. The summed E-state index contributed by atoms with van der Waals surface area (Å²) in [6.45, 7) is 3.14. The van der Waals surface area contributed by atoms with E-state index >= 15 is 0 Å². The van der Waals surface area contributed by atoms with E-state index in [4.69, 9.17) is 14.2 Å². The highest BCUT2D eigenvalue weighted by Gasteiger charge is 2.43. The lowest BCUT2D eigenvalue weighted by Gasteiger charge is -2.40. The number of carbonyl (C=O) groups excluding carboxylic acids is 1. The molecule has 2 aromatic rings. The molecule has 1 aliphatic heterocycles. The van der Waals surface area contributed by atoms with Crippen LogP contribution in [0.3, 0.4) is 0 Å². The molecule has 1 saturated carbocycles. The van der Waals surface area contributed by atoms with Crippen LogP contribution in [0.2, 0.25) is 0 Å². The van der Waals surface area contributed by atoms with Gasteiger partial charge in [0.15, 0.2) is 0 Å². The van der Waals surface area contributed by atoms with Crippen LogP contribution in [-0.2, 0) is 11.3 Å². The Morgan fingerprint density at radius 1 is 1.16 bits per heavy atom. The standard InChI is InChI=1S/C25H31NO4S/c1-3-29-20-10-11-22-21(14-20)23(15-25(30-22)12-4-5-13-25)31-17-24(27)26-16-18-6-8-19(28-2)9-7-18/h6-11,14,23H,3-5,12-13,15-17H2,1-2H3,(H,26,27). The van der Waals surface area contributed by atoms with Gasteiger partial charge in [0, 0.05) is 23.8 Å². The van der Waals surface area contributed by atoms with E-state index < -0.39 is 0 Å². The zero-order valence-corrected chi connectivity index (χ0v) is 19.1. The van der Waals surface area contributed by atoms with E-state index in [-0.39, 0.29) is 16.8 Å². The Balaban J connectivity index is 1.40. The van der Waals surface area contributed by atoms with Crippen molar-refractivity contribution in [3.63, 3.8) is 0 Å². The van der Waals surface area contributed by atoms with Gasteiger partial charge in [0.25, 0.3) is 0 Å². The van der Waals surface area contributed by atoms with Crippen molar-refractivity contribution >= 4 is 17.7 Å². The van der Waals surface area contributed by atoms with E-state index in [1.807, 2.05) is 43.3 Å². The predicted molar refractivity (Wildman–Crippen MR) is 124 cm³/mol. The minimum Gasteiger partial charge on any atom is -0.497 e. The van der Waals surface area contributed by atoms with Gasteiger partial charge >= 0.3 is 0 Å². The maximum absolute atomic E-state index is 12.6. The van der Waals surface area contributed by atoms with Crippen LogP contribution in [0.1, 0.15) is 55.4 Å². The average Bonchev–Trinajstić information content (AvgIpc) is 3.24. The van der Waals surface area contributed by atoms with Crippen LogP contribution in [0.25, 0.3) is 0 Å². The van der Waals surface area contributed by atoms with E-state index in [1.54, 1.807) is 18.9 Å². The lowest BCUT2D eigenvalue weighted by Crippen LogP contribution is -2.38. The van der Waals surface area contributed by atoms with Gasteiger partial charge in [-0.2, -0.15) is 0 Å². The first kappa shape index (κ1) is 21.9. The van der Waals surface area contributed by atoms with Gasteiger partial charge < -0.3 is 19.5 Å². The second kappa shape index (κ2) is 9.86. The highest BCUT2D eigenvalue weighted by Crippen LogP contribution is 2.52. The van der Waals surface area contributed by atoms with E-state index in [9.17, 15) is 4.79 Å². The average molecular weight is 442 g/mol. The van der Waals surface area contributed by atoms with Crippen molar-refractivity contribution in [2.45, 2.75) is 56.4 Å². The third-order valence-corrected chi connectivity index (χ3v) is 7.35. The summed E-state index contributed by atoms with van der Waals surface area (Å²) >= 11 is 1.71. The van der Waals surface area contributed by atoms with Crippen LogP contribution >= 0.6 is 11.8 Å². The molecule has 0 aromatic heterocycles. The number of ether oxygens (including phenoxy) is 3. The van der Waals surface area contributed by atoms with Gasteiger partial charge in [0.2, 0.25) is 5.91 Å². The lowest BCUT2D eigenvalue weighted by atomic mass is 9.89. The van der Waals surface area contributed by atoms with Crippen molar-refractivity contribution in [2.24, 2.45) is 0 Å². The molecule has 31 heavy (non-hydrogen) atoms. The van der Waals surface area contributed by atoms with E-state index in [1.165, 1.54) is 12.8 Å². The van der Waals surface area contributed by atoms with Crippen molar-refractivity contribution in [1.82, 2.24) is 5.32 Å². The fourth-order valence-corrected chi connectivity index (χ4v) is 5.74. The zero-order chi connectivity index (χ0) is 21.7. The lowest BCUT2D eigenvalue weighted by molar-refractivity contribution is -0.118. The Bertz CT molecular complexity index is 893. The first-order valence-electron chi connectivity index (χ1n) is 11.1. The van der Waals surface area contributed by atoms with Crippen LogP contribution in [0.4, 0.5) is 0 Å². The second-order valence-corrected chi connectivity index (χ2v) is 9.44. The minimum absolute atomic E-state index is 0.0512. The summed E-state index contributed by atoms with van der Waals surface area (Å²) in [4.78, 5) is 12.6. The van der Waals surface area contributed by atoms with E-state index in [0.29, 0.717) is 18.9 Å². The molecule has 1 atom stereocenters. The number of thioether (sulfide) groups is 1. The Morgan fingerprint density at radius 3 is 2.61 bits per heavy atom. The zero-order valence-electron chi connectivity index (χ0n) is 18.3. The van der Waals surface area contributed by atoms with E-state index in [2.05, 4.69) is 11.4 Å². The number of benzene rings is 2. The number of hydrogen-bond donors (Lipinski definition) is 1. The third-order valence-electron chi connectivity index (χ3n) is 6.10. The molecular weight excluding hydrogens is 410 g/mol. The highest BCUT2D eigenvalue weighted by atomic mass is 32.2. The number of amides is 1. The number of hydrogen-bond acceptors (Lipinski definition) is 5. The first-order chi connectivity index (χ1) is 15.1. The number of fused-ring (bicyclic) bond motifs is 1. The highest BCUT2D eigenvalue weighted by molar-refractivity contribution is 8.00. The summed E-state index contributed by atoms with van der Waals surface area (Å²) in [6.07, 6.45) is 5.57. The number of methoxy groups -OCH3 is 1. The van der Waals surface area contributed by atoms with Gasteiger partial charge in [-0.15, -0.1) is 11.8 Å². The summed E-state index contributed by atoms with van der Waals surface area (Å²) in [5, 5.41) is 3.27. The normalized spacial score (nSPS) is 18.8. The Kier molecular flexibility index (Phi) is 6.96. The fraction of sp³-hybridized carbons (Fsp3) is 0.480. The molecule has 1 spiro atoms. The number of rotatable bonds is 8.